The Bertz CT molecular complexity index is 608. The molecule has 3 nitrogen and oxygen atoms in total. The number of aliphatic hydroxyl groups excluding tert-OH is 1. The molecule has 0 spiro atoms. The average Bonchev–Trinajstić information content (AvgIpc) is 2.64. The van der Waals surface area contributed by atoms with E-state index in [1.54, 1.807) is 0 Å². The van der Waals surface area contributed by atoms with Gasteiger partial charge in [0, 0.05) is 0 Å². The van der Waals surface area contributed by atoms with Gasteiger partial charge in [-0.25, -0.2) is 0 Å². The zero-order valence-electron chi connectivity index (χ0n) is 14.1. The third-order valence-electron chi connectivity index (χ3n) is 5.01. The van der Waals surface area contributed by atoms with E-state index in [0.717, 1.165) is 43.2 Å². The van der Waals surface area contributed by atoms with Crippen molar-refractivity contribution >= 4 is 0 Å². The van der Waals surface area contributed by atoms with Gasteiger partial charge in [-0.15, -0.1) is 0 Å². The fourth-order valence-electron chi connectivity index (χ4n) is 3.54. The van der Waals surface area contributed by atoms with Gasteiger partial charge >= 0.3 is 0 Å². The van der Waals surface area contributed by atoms with Gasteiger partial charge in [-0.1, -0.05) is 60.7 Å². The zero-order valence-corrected chi connectivity index (χ0v) is 14.1. The lowest BCUT2D eigenvalue weighted by Crippen LogP contribution is -2.42. The Balaban J connectivity index is 1.73. The molecule has 1 unspecified atom stereocenters. The summed E-state index contributed by atoms with van der Waals surface area (Å²) in [4.78, 5) is 0. The molecular formula is C21H27NO2. The summed E-state index contributed by atoms with van der Waals surface area (Å²) in [6, 6.07) is 20.3. The van der Waals surface area contributed by atoms with Crippen LogP contribution in [0, 0.1) is 5.92 Å². The van der Waals surface area contributed by atoms with E-state index >= 15 is 0 Å². The molecule has 0 bridgehead atoms. The van der Waals surface area contributed by atoms with Crippen molar-refractivity contribution in [2.45, 2.75) is 50.5 Å². The number of rotatable bonds is 6. The average molecular weight is 325 g/mol. The summed E-state index contributed by atoms with van der Waals surface area (Å²) in [5, 5.41) is 9.73. The highest BCUT2D eigenvalue weighted by atomic mass is 16.5. The Labute approximate surface area is 144 Å². The van der Waals surface area contributed by atoms with Crippen molar-refractivity contribution in [3.05, 3.63) is 71.8 Å². The molecule has 3 heteroatoms. The molecule has 1 aliphatic rings. The van der Waals surface area contributed by atoms with E-state index in [-0.39, 0.29) is 6.10 Å². The minimum Gasteiger partial charge on any atom is -0.393 e. The Hall–Kier alpha value is -1.68. The number of aliphatic hydroxyl groups is 1. The van der Waals surface area contributed by atoms with Crippen LogP contribution in [-0.4, -0.2) is 11.2 Å². The second kappa shape index (κ2) is 7.93. The van der Waals surface area contributed by atoms with Gasteiger partial charge in [0.1, 0.15) is 5.72 Å². The van der Waals surface area contributed by atoms with Gasteiger partial charge < -0.3 is 9.84 Å². The molecule has 0 aliphatic heterocycles. The molecule has 128 valence electrons. The monoisotopic (exact) mass is 325 g/mol. The van der Waals surface area contributed by atoms with Gasteiger partial charge in [0.05, 0.1) is 12.7 Å². The van der Waals surface area contributed by atoms with E-state index in [9.17, 15) is 5.11 Å². The van der Waals surface area contributed by atoms with Crippen LogP contribution in [0.4, 0.5) is 0 Å². The minimum atomic E-state index is -0.788. The van der Waals surface area contributed by atoms with Crippen LogP contribution < -0.4 is 5.73 Å². The Morgan fingerprint density at radius 2 is 1.50 bits per heavy atom. The number of hydrogen-bond donors (Lipinski definition) is 2. The molecule has 1 saturated carbocycles. The normalized spacial score (nSPS) is 23.6. The quantitative estimate of drug-likeness (QED) is 0.791. The first kappa shape index (κ1) is 17.2. The van der Waals surface area contributed by atoms with Crippen LogP contribution in [0.2, 0.25) is 0 Å². The Kier molecular flexibility index (Phi) is 5.67. The zero-order chi connectivity index (χ0) is 16.8. The first-order chi connectivity index (χ1) is 11.7. The molecule has 3 rings (SSSR count). The predicted molar refractivity (Wildman–Crippen MR) is 96.1 cm³/mol. The third-order valence-corrected chi connectivity index (χ3v) is 5.01. The van der Waals surface area contributed by atoms with Gasteiger partial charge in [-0.2, -0.15) is 0 Å². The van der Waals surface area contributed by atoms with Crippen LogP contribution in [0.1, 0.15) is 43.2 Å². The lowest BCUT2D eigenvalue weighted by molar-refractivity contribution is -0.0793. The Morgan fingerprint density at radius 3 is 2.12 bits per heavy atom. The summed E-state index contributed by atoms with van der Waals surface area (Å²) in [5.74, 6) is 0.495. The highest BCUT2D eigenvalue weighted by Gasteiger charge is 2.33. The first-order valence-electron chi connectivity index (χ1n) is 8.86. The third kappa shape index (κ3) is 4.44. The van der Waals surface area contributed by atoms with E-state index < -0.39 is 5.72 Å². The molecule has 0 radical (unpaired) electrons. The maximum Gasteiger partial charge on any atom is 0.143 e. The van der Waals surface area contributed by atoms with E-state index in [4.69, 9.17) is 10.5 Å². The maximum absolute atomic E-state index is 9.73. The van der Waals surface area contributed by atoms with Gasteiger partial charge in [0.2, 0.25) is 0 Å². The van der Waals surface area contributed by atoms with Crippen LogP contribution >= 0.6 is 0 Å². The highest BCUT2D eigenvalue weighted by molar-refractivity contribution is 5.22. The van der Waals surface area contributed by atoms with E-state index in [2.05, 4.69) is 12.1 Å². The van der Waals surface area contributed by atoms with Crippen molar-refractivity contribution in [2.24, 2.45) is 11.7 Å². The molecule has 2 aromatic rings. The topological polar surface area (TPSA) is 55.5 Å². The number of nitrogens with two attached hydrogens (primary N) is 1. The molecule has 1 atom stereocenters. The van der Waals surface area contributed by atoms with Crippen molar-refractivity contribution < 1.29 is 9.84 Å². The standard InChI is InChI=1S/C21H27NO2/c22-21(19-9-5-2-6-10-19,15-17-11-13-20(23)14-12-17)24-16-18-7-3-1-4-8-18/h1-10,17,20,23H,11-16,22H2. The van der Waals surface area contributed by atoms with Crippen LogP contribution in [0.3, 0.4) is 0 Å². The molecule has 0 amide bonds. The lowest BCUT2D eigenvalue weighted by atomic mass is 9.81. The van der Waals surface area contributed by atoms with Crippen molar-refractivity contribution in [2.75, 3.05) is 0 Å². The summed E-state index contributed by atoms with van der Waals surface area (Å²) >= 11 is 0. The summed E-state index contributed by atoms with van der Waals surface area (Å²) in [5.41, 5.74) is 8.11. The smallest absolute Gasteiger partial charge is 0.143 e. The second-order valence-corrected chi connectivity index (χ2v) is 6.91. The molecule has 1 fully saturated rings. The molecule has 0 aromatic heterocycles. The second-order valence-electron chi connectivity index (χ2n) is 6.91. The first-order valence-corrected chi connectivity index (χ1v) is 8.86. The molecule has 3 N–H and O–H groups in total. The van der Waals surface area contributed by atoms with Gasteiger partial charge in [-0.3, -0.25) is 5.73 Å². The summed E-state index contributed by atoms with van der Waals surface area (Å²) in [7, 11) is 0. The largest absolute Gasteiger partial charge is 0.393 e. The van der Waals surface area contributed by atoms with Crippen LogP contribution in [0.25, 0.3) is 0 Å². The summed E-state index contributed by atoms with van der Waals surface area (Å²) in [6.45, 7) is 0.502. The van der Waals surface area contributed by atoms with Crippen LogP contribution in [0.5, 0.6) is 0 Å². The van der Waals surface area contributed by atoms with Crippen molar-refractivity contribution in [1.29, 1.82) is 0 Å². The van der Waals surface area contributed by atoms with Crippen molar-refractivity contribution in [3.63, 3.8) is 0 Å². The minimum absolute atomic E-state index is 0.143. The van der Waals surface area contributed by atoms with Crippen LogP contribution in [-0.2, 0) is 17.1 Å². The molecular weight excluding hydrogens is 298 g/mol. The molecule has 0 heterocycles. The Morgan fingerprint density at radius 1 is 0.917 bits per heavy atom. The van der Waals surface area contributed by atoms with E-state index in [1.807, 2.05) is 48.5 Å². The number of ether oxygens (including phenoxy) is 1. The molecule has 0 saturated heterocycles. The van der Waals surface area contributed by atoms with Gasteiger partial charge in [0.15, 0.2) is 0 Å². The summed E-state index contributed by atoms with van der Waals surface area (Å²) < 4.78 is 6.25. The fourth-order valence-corrected chi connectivity index (χ4v) is 3.54. The fraction of sp³-hybridized carbons (Fsp3) is 0.429. The number of hydrogen-bond acceptors (Lipinski definition) is 3. The SMILES string of the molecule is NC(CC1CCC(O)CC1)(OCc1ccccc1)c1ccccc1. The van der Waals surface area contributed by atoms with Gasteiger partial charge in [0.25, 0.3) is 0 Å². The highest BCUT2D eigenvalue weighted by Crippen LogP contribution is 2.35. The predicted octanol–water partition coefficient (Wildman–Crippen LogP) is 3.96. The molecule has 2 aromatic carbocycles. The summed E-state index contributed by atoms with van der Waals surface area (Å²) in [6.07, 6.45) is 4.41. The van der Waals surface area contributed by atoms with Crippen molar-refractivity contribution in [3.8, 4) is 0 Å². The maximum atomic E-state index is 9.73. The number of benzene rings is 2. The molecule has 1 aliphatic carbocycles. The van der Waals surface area contributed by atoms with Crippen molar-refractivity contribution in [1.82, 2.24) is 0 Å². The van der Waals surface area contributed by atoms with Crippen LogP contribution in [0.15, 0.2) is 60.7 Å². The van der Waals surface area contributed by atoms with E-state index in [0.29, 0.717) is 12.5 Å². The van der Waals surface area contributed by atoms with Gasteiger partial charge in [-0.05, 0) is 49.1 Å². The molecule has 24 heavy (non-hydrogen) atoms. The lowest BCUT2D eigenvalue weighted by Gasteiger charge is -2.36. The van der Waals surface area contributed by atoms with E-state index in [1.165, 1.54) is 0 Å².